The van der Waals surface area contributed by atoms with Crippen LogP contribution in [0.15, 0.2) is 59.4 Å². The second-order valence-corrected chi connectivity index (χ2v) is 8.44. The number of nitrogens with zero attached hydrogens (tertiary/aromatic N) is 1. The van der Waals surface area contributed by atoms with Gasteiger partial charge in [-0.25, -0.2) is 4.79 Å². The second-order valence-electron chi connectivity index (χ2n) is 8.44. The molecule has 0 spiro atoms. The van der Waals surface area contributed by atoms with Crippen LogP contribution < -0.4 is 15.8 Å². The molecule has 1 aliphatic rings. The normalized spacial score (nSPS) is 18.3. The van der Waals surface area contributed by atoms with E-state index in [0.29, 0.717) is 18.2 Å². The summed E-state index contributed by atoms with van der Waals surface area (Å²) < 4.78 is 0. The van der Waals surface area contributed by atoms with Gasteiger partial charge in [-0.3, -0.25) is 4.79 Å². The number of fused-ring (bicyclic) bond motifs is 1. The molecule has 1 saturated heterocycles. The minimum absolute atomic E-state index is 0.134. The standard InChI is InChI=1S/C25H30N4O2/c1-3-28-14-8-13-22(28)17-29(25(31)26-21-11-5-4-6-12-21)16-20-15-19-10-7-9-18(2)23(19)27-24(20)30/h4-7,9-12,15,22H,3,8,13-14,16-17H2,1-2H3,(H,26,31)(H,27,30)/p+1/t22-/m1/s1. The summed E-state index contributed by atoms with van der Waals surface area (Å²) in [6.45, 7) is 7.29. The van der Waals surface area contributed by atoms with Crippen LogP contribution in [0.3, 0.4) is 0 Å². The van der Waals surface area contributed by atoms with Crippen molar-refractivity contribution in [2.24, 2.45) is 0 Å². The molecule has 2 amide bonds. The lowest BCUT2D eigenvalue weighted by molar-refractivity contribution is -0.909. The van der Waals surface area contributed by atoms with Crippen LogP contribution in [0.1, 0.15) is 30.9 Å². The number of para-hydroxylation sites is 2. The number of benzene rings is 2. The van der Waals surface area contributed by atoms with Crippen molar-refractivity contribution in [3.63, 3.8) is 0 Å². The van der Waals surface area contributed by atoms with Crippen molar-refractivity contribution in [3.8, 4) is 0 Å². The van der Waals surface area contributed by atoms with Crippen molar-refractivity contribution in [2.45, 2.75) is 39.3 Å². The summed E-state index contributed by atoms with van der Waals surface area (Å²) in [6.07, 6.45) is 2.28. The van der Waals surface area contributed by atoms with Gasteiger partial charge in [0.1, 0.15) is 6.04 Å². The van der Waals surface area contributed by atoms with E-state index < -0.39 is 0 Å². The molecule has 2 atom stereocenters. The highest BCUT2D eigenvalue weighted by molar-refractivity contribution is 5.89. The van der Waals surface area contributed by atoms with Crippen LogP contribution in [-0.2, 0) is 6.54 Å². The second kappa shape index (κ2) is 9.35. The van der Waals surface area contributed by atoms with Gasteiger partial charge in [0.15, 0.2) is 0 Å². The van der Waals surface area contributed by atoms with Gasteiger partial charge in [-0.05, 0) is 43.0 Å². The van der Waals surface area contributed by atoms with Crippen LogP contribution in [0, 0.1) is 6.92 Å². The van der Waals surface area contributed by atoms with Crippen molar-refractivity contribution in [3.05, 3.63) is 76.1 Å². The first kappa shape index (κ1) is 21.1. The van der Waals surface area contributed by atoms with Gasteiger partial charge >= 0.3 is 6.03 Å². The summed E-state index contributed by atoms with van der Waals surface area (Å²) in [7, 11) is 0. The number of nitrogens with one attached hydrogen (secondary N) is 3. The predicted octanol–water partition coefficient (Wildman–Crippen LogP) is 2.94. The molecule has 6 nitrogen and oxygen atoms in total. The molecular formula is C25H31N4O2+. The van der Waals surface area contributed by atoms with E-state index in [2.05, 4.69) is 17.2 Å². The molecule has 1 aliphatic heterocycles. The maximum Gasteiger partial charge on any atom is 0.322 e. The first-order chi connectivity index (χ1) is 15.0. The molecule has 0 aliphatic carbocycles. The largest absolute Gasteiger partial charge is 0.331 e. The number of H-pyrrole nitrogens is 1. The average Bonchev–Trinajstić information content (AvgIpc) is 3.22. The summed E-state index contributed by atoms with van der Waals surface area (Å²) in [5.41, 5.74) is 3.12. The van der Waals surface area contributed by atoms with Crippen LogP contribution >= 0.6 is 0 Å². The topological polar surface area (TPSA) is 69.6 Å². The van der Waals surface area contributed by atoms with E-state index in [-0.39, 0.29) is 18.1 Å². The van der Waals surface area contributed by atoms with Crippen molar-refractivity contribution in [2.75, 3.05) is 25.0 Å². The molecule has 4 rings (SSSR count). The molecular weight excluding hydrogens is 388 g/mol. The summed E-state index contributed by atoms with van der Waals surface area (Å²) >= 11 is 0. The van der Waals surface area contributed by atoms with Crippen molar-refractivity contribution < 1.29 is 9.69 Å². The van der Waals surface area contributed by atoms with E-state index in [4.69, 9.17) is 0 Å². The predicted molar refractivity (Wildman–Crippen MR) is 125 cm³/mol. The summed E-state index contributed by atoms with van der Waals surface area (Å²) in [6, 6.07) is 17.6. The number of amides is 2. The van der Waals surface area contributed by atoms with E-state index in [0.717, 1.165) is 41.7 Å². The van der Waals surface area contributed by atoms with Gasteiger partial charge in [0.25, 0.3) is 5.56 Å². The summed E-state index contributed by atoms with van der Waals surface area (Å²) in [5.74, 6) is 0. The highest BCUT2D eigenvalue weighted by Crippen LogP contribution is 2.17. The lowest BCUT2D eigenvalue weighted by Crippen LogP contribution is -3.14. The number of urea groups is 1. The fourth-order valence-electron chi connectivity index (χ4n) is 4.63. The van der Waals surface area contributed by atoms with Gasteiger partial charge in [-0.2, -0.15) is 0 Å². The van der Waals surface area contributed by atoms with Crippen LogP contribution in [0.5, 0.6) is 0 Å². The molecule has 2 aromatic carbocycles. The van der Waals surface area contributed by atoms with Crippen LogP contribution in [0.2, 0.25) is 0 Å². The first-order valence-electron chi connectivity index (χ1n) is 11.1. The van der Waals surface area contributed by atoms with Crippen molar-refractivity contribution in [1.82, 2.24) is 9.88 Å². The third kappa shape index (κ3) is 4.80. The highest BCUT2D eigenvalue weighted by Gasteiger charge is 2.31. The molecule has 0 saturated carbocycles. The SMILES string of the molecule is CC[NH+]1CCC[C@@H]1CN(Cc1cc2cccc(C)c2[nH]c1=O)C(=O)Nc1ccccc1. The number of pyridine rings is 1. The number of rotatable bonds is 6. The zero-order valence-electron chi connectivity index (χ0n) is 18.3. The van der Waals surface area contributed by atoms with Crippen LogP contribution in [0.25, 0.3) is 10.9 Å². The number of carbonyl (C=O) groups is 1. The van der Waals surface area contributed by atoms with Crippen molar-refractivity contribution in [1.29, 1.82) is 0 Å². The summed E-state index contributed by atoms with van der Waals surface area (Å²) in [4.78, 5) is 32.4. The van der Waals surface area contributed by atoms with Crippen molar-refractivity contribution >= 4 is 22.6 Å². The molecule has 2 heterocycles. The smallest absolute Gasteiger partial charge is 0.322 e. The number of likely N-dealkylation sites (N-methyl/N-ethyl adjacent to an activating group) is 1. The maximum atomic E-state index is 13.2. The Morgan fingerprint density at radius 1 is 1.19 bits per heavy atom. The monoisotopic (exact) mass is 419 g/mol. The van der Waals surface area contributed by atoms with E-state index >= 15 is 0 Å². The minimum Gasteiger partial charge on any atom is -0.331 e. The van der Waals surface area contributed by atoms with E-state index in [1.807, 2.05) is 61.5 Å². The van der Waals surface area contributed by atoms with Gasteiger partial charge in [0.2, 0.25) is 0 Å². The number of aryl methyl sites for hydroxylation is 1. The lowest BCUT2D eigenvalue weighted by Gasteiger charge is -2.28. The lowest BCUT2D eigenvalue weighted by atomic mass is 10.1. The Morgan fingerprint density at radius 3 is 2.77 bits per heavy atom. The molecule has 1 unspecified atom stereocenters. The highest BCUT2D eigenvalue weighted by atomic mass is 16.2. The van der Waals surface area contributed by atoms with Gasteiger partial charge in [0.05, 0.1) is 31.7 Å². The fourth-order valence-corrected chi connectivity index (χ4v) is 4.63. The number of carbonyl (C=O) groups excluding carboxylic acids is 1. The van der Waals surface area contributed by atoms with Crippen LogP contribution in [0.4, 0.5) is 10.5 Å². The molecule has 0 radical (unpaired) electrons. The Kier molecular flexibility index (Phi) is 6.37. The van der Waals surface area contributed by atoms with Crippen LogP contribution in [-0.4, -0.2) is 41.6 Å². The molecule has 3 N–H and O–H groups in total. The zero-order valence-corrected chi connectivity index (χ0v) is 18.3. The maximum absolute atomic E-state index is 13.2. The van der Waals surface area contributed by atoms with Gasteiger partial charge in [0, 0.05) is 24.1 Å². The fraction of sp³-hybridized carbons (Fsp3) is 0.360. The Hall–Kier alpha value is -3.12. The Balaban J connectivity index is 1.62. The number of likely N-dealkylation sites (tertiary alicyclic amines) is 1. The molecule has 1 fully saturated rings. The average molecular weight is 420 g/mol. The van der Waals surface area contributed by atoms with E-state index in [1.54, 1.807) is 4.90 Å². The van der Waals surface area contributed by atoms with E-state index in [9.17, 15) is 9.59 Å². The van der Waals surface area contributed by atoms with Gasteiger partial charge in [-0.15, -0.1) is 0 Å². The number of quaternary nitrogens is 1. The molecule has 0 bridgehead atoms. The Labute approximate surface area is 182 Å². The first-order valence-corrected chi connectivity index (χ1v) is 11.1. The number of hydrogen-bond acceptors (Lipinski definition) is 2. The molecule has 162 valence electrons. The molecule has 6 heteroatoms. The molecule has 1 aromatic heterocycles. The quantitative estimate of drug-likeness (QED) is 0.575. The zero-order chi connectivity index (χ0) is 21.8. The van der Waals surface area contributed by atoms with Gasteiger partial charge in [-0.1, -0.05) is 36.4 Å². The molecule has 3 aromatic rings. The minimum atomic E-state index is -0.169. The van der Waals surface area contributed by atoms with Gasteiger partial charge < -0.3 is 20.1 Å². The Morgan fingerprint density at radius 2 is 2.00 bits per heavy atom. The Bertz CT molecular complexity index is 1110. The number of hydrogen-bond donors (Lipinski definition) is 3. The number of aromatic nitrogens is 1. The molecule has 31 heavy (non-hydrogen) atoms. The number of anilines is 1. The summed E-state index contributed by atoms with van der Waals surface area (Å²) in [5, 5.41) is 3.99. The number of aromatic amines is 1. The van der Waals surface area contributed by atoms with E-state index in [1.165, 1.54) is 11.3 Å². The third-order valence-electron chi connectivity index (χ3n) is 6.36. The third-order valence-corrected chi connectivity index (χ3v) is 6.36.